The van der Waals surface area contributed by atoms with Crippen LogP contribution in [-0.2, 0) is 9.59 Å². The van der Waals surface area contributed by atoms with Crippen LogP contribution in [0.1, 0.15) is 51.9 Å². The van der Waals surface area contributed by atoms with Crippen molar-refractivity contribution in [3.8, 4) is 0 Å². The number of ketones is 1. The van der Waals surface area contributed by atoms with Gasteiger partial charge in [-0.15, -0.1) is 0 Å². The molecule has 1 rings (SSSR count). The molecular formula is C22H32O5. The third-order valence-corrected chi connectivity index (χ3v) is 4.59. The highest BCUT2D eigenvalue weighted by molar-refractivity contribution is 5.84. The third kappa shape index (κ3) is 9.50. The van der Waals surface area contributed by atoms with E-state index < -0.39 is 18.2 Å². The molecule has 0 spiro atoms. The molecule has 0 saturated heterocycles. The number of carbonyl (C=O) groups excluding carboxylic acids is 1. The van der Waals surface area contributed by atoms with E-state index >= 15 is 0 Å². The lowest BCUT2D eigenvalue weighted by Crippen LogP contribution is -2.18. The van der Waals surface area contributed by atoms with Crippen molar-refractivity contribution < 1.29 is 24.9 Å². The Morgan fingerprint density at radius 1 is 1.19 bits per heavy atom. The molecule has 27 heavy (non-hydrogen) atoms. The predicted octanol–water partition coefficient (Wildman–Crippen LogP) is 3.58. The first kappa shape index (κ1) is 23.1. The second-order valence-corrected chi connectivity index (χ2v) is 6.84. The van der Waals surface area contributed by atoms with Crippen LogP contribution in [0.2, 0.25) is 0 Å². The number of carboxylic acid groups (broad SMARTS) is 1. The Morgan fingerprint density at radius 3 is 2.63 bits per heavy atom. The summed E-state index contributed by atoms with van der Waals surface area (Å²) in [4.78, 5) is 22.6. The molecule has 5 nitrogen and oxygen atoms in total. The maximum absolute atomic E-state index is 12.1. The van der Waals surface area contributed by atoms with Gasteiger partial charge in [0.25, 0.3) is 0 Å². The molecule has 0 radical (unpaired) electrons. The second kappa shape index (κ2) is 13.2. The Bertz CT molecular complexity index is 573. The van der Waals surface area contributed by atoms with E-state index in [1.165, 1.54) is 0 Å². The van der Waals surface area contributed by atoms with Gasteiger partial charge in [0, 0.05) is 24.7 Å². The summed E-state index contributed by atoms with van der Waals surface area (Å²) in [6.07, 6.45) is 17.1. The minimum absolute atomic E-state index is 0.0112. The van der Waals surface area contributed by atoms with Crippen molar-refractivity contribution in [2.45, 2.75) is 64.1 Å². The summed E-state index contributed by atoms with van der Waals surface area (Å²) in [7, 11) is 0. The fraction of sp³-hybridized carbons (Fsp3) is 0.545. The van der Waals surface area contributed by atoms with E-state index in [1.807, 2.05) is 18.2 Å². The maximum Gasteiger partial charge on any atom is 0.303 e. The van der Waals surface area contributed by atoms with Gasteiger partial charge in [-0.3, -0.25) is 9.59 Å². The van der Waals surface area contributed by atoms with Crippen LogP contribution in [0.3, 0.4) is 0 Å². The van der Waals surface area contributed by atoms with Gasteiger partial charge in [-0.1, -0.05) is 55.5 Å². The normalized spacial score (nSPS) is 24.9. The molecule has 1 aliphatic rings. The first-order valence-corrected chi connectivity index (χ1v) is 9.69. The highest BCUT2D eigenvalue weighted by Gasteiger charge is 2.39. The van der Waals surface area contributed by atoms with E-state index in [1.54, 1.807) is 18.2 Å². The largest absolute Gasteiger partial charge is 0.481 e. The van der Waals surface area contributed by atoms with Gasteiger partial charge in [-0.2, -0.15) is 0 Å². The number of Topliss-reactive ketones (excluding diaryl/α,β-unsaturated/α-hetero) is 1. The van der Waals surface area contributed by atoms with Gasteiger partial charge in [0.2, 0.25) is 0 Å². The number of aliphatic hydroxyl groups excluding tert-OH is 2. The van der Waals surface area contributed by atoms with Gasteiger partial charge >= 0.3 is 5.97 Å². The van der Waals surface area contributed by atoms with Gasteiger partial charge in [-0.05, 0) is 32.1 Å². The van der Waals surface area contributed by atoms with Crippen LogP contribution in [0.4, 0.5) is 0 Å². The van der Waals surface area contributed by atoms with Crippen LogP contribution in [-0.4, -0.2) is 39.3 Å². The van der Waals surface area contributed by atoms with Gasteiger partial charge < -0.3 is 15.3 Å². The SMILES string of the molecule is CC/C=C\C/C=C\CC(O)/C=C/C1C(O)CC(=O)C1C/C=C\CCC(=O)O. The van der Waals surface area contributed by atoms with Crippen molar-refractivity contribution in [2.24, 2.45) is 11.8 Å². The molecular weight excluding hydrogens is 344 g/mol. The molecule has 0 amide bonds. The Kier molecular flexibility index (Phi) is 11.3. The second-order valence-electron chi connectivity index (χ2n) is 6.84. The molecule has 0 heterocycles. The average molecular weight is 376 g/mol. The van der Waals surface area contributed by atoms with Crippen molar-refractivity contribution in [1.29, 1.82) is 0 Å². The predicted molar refractivity (Wildman–Crippen MR) is 106 cm³/mol. The number of carboxylic acids is 1. The van der Waals surface area contributed by atoms with Crippen LogP contribution in [0.25, 0.3) is 0 Å². The number of aliphatic hydroxyl groups is 2. The lowest BCUT2D eigenvalue weighted by atomic mass is 9.90. The standard InChI is InChI=1S/C22H32O5/c1-2-3-4-5-6-8-11-17(23)14-15-19-18(20(24)16-21(19)25)12-9-7-10-13-22(26)27/h3-4,6-9,14-15,17-19,21,23,25H,2,5,10-13,16H2,1H3,(H,26,27)/b4-3-,8-6-,9-7-,15-14+. The Labute approximate surface area is 161 Å². The molecule has 1 aliphatic carbocycles. The molecule has 1 saturated carbocycles. The fourth-order valence-electron chi connectivity index (χ4n) is 3.10. The summed E-state index contributed by atoms with van der Waals surface area (Å²) in [6.45, 7) is 2.08. The fourth-order valence-corrected chi connectivity index (χ4v) is 3.10. The molecule has 0 aromatic rings. The Balaban J connectivity index is 2.50. The summed E-state index contributed by atoms with van der Waals surface area (Å²) in [5.41, 5.74) is 0. The first-order chi connectivity index (χ1) is 13.0. The molecule has 0 bridgehead atoms. The molecule has 4 unspecified atom stereocenters. The zero-order valence-electron chi connectivity index (χ0n) is 16.0. The van der Waals surface area contributed by atoms with Crippen molar-refractivity contribution in [2.75, 3.05) is 0 Å². The molecule has 5 heteroatoms. The number of hydrogen-bond acceptors (Lipinski definition) is 4. The van der Waals surface area contributed by atoms with Crippen molar-refractivity contribution >= 4 is 11.8 Å². The van der Waals surface area contributed by atoms with Crippen LogP contribution in [0, 0.1) is 11.8 Å². The molecule has 0 aliphatic heterocycles. The molecule has 0 aromatic carbocycles. The minimum Gasteiger partial charge on any atom is -0.481 e. The van der Waals surface area contributed by atoms with Crippen molar-refractivity contribution in [3.05, 3.63) is 48.6 Å². The molecule has 4 atom stereocenters. The Hall–Kier alpha value is -1.98. The summed E-state index contributed by atoms with van der Waals surface area (Å²) in [5, 5.41) is 28.8. The van der Waals surface area contributed by atoms with Gasteiger partial charge in [0.1, 0.15) is 5.78 Å². The van der Waals surface area contributed by atoms with Crippen LogP contribution >= 0.6 is 0 Å². The number of aliphatic carboxylic acids is 1. The van der Waals surface area contributed by atoms with Crippen LogP contribution in [0.15, 0.2) is 48.6 Å². The minimum atomic E-state index is -0.850. The number of carbonyl (C=O) groups is 2. The molecule has 3 N–H and O–H groups in total. The van der Waals surface area contributed by atoms with E-state index in [0.29, 0.717) is 19.3 Å². The monoisotopic (exact) mass is 376 g/mol. The van der Waals surface area contributed by atoms with Gasteiger partial charge in [0.05, 0.1) is 12.2 Å². The molecule has 1 fully saturated rings. The van der Waals surface area contributed by atoms with Gasteiger partial charge in [-0.25, -0.2) is 0 Å². The molecule has 0 aromatic heterocycles. The Morgan fingerprint density at radius 2 is 1.93 bits per heavy atom. The number of allylic oxidation sites excluding steroid dienone is 5. The number of rotatable bonds is 12. The highest BCUT2D eigenvalue weighted by atomic mass is 16.4. The maximum atomic E-state index is 12.1. The smallest absolute Gasteiger partial charge is 0.303 e. The summed E-state index contributed by atoms with van der Waals surface area (Å²) >= 11 is 0. The summed E-state index contributed by atoms with van der Waals surface area (Å²) in [6, 6.07) is 0. The lowest BCUT2D eigenvalue weighted by molar-refractivity contribution is -0.136. The van der Waals surface area contributed by atoms with Gasteiger partial charge in [0.15, 0.2) is 0 Å². The van der Waals surface area contributed by atoms with Crippen LogP contribution in [0.5, 0.6) is 0 Å². The first-order valence-electron chi connectivity index (χ1n) is 9.69. The zero-order valence-corrected chi connectivity index (χ0v) is 16.0. The zero-order chi connectivity index (χ0) is 20.1. The summed E-state index contributed by atoms with van der Waals surface area (Å²) < 4.78 is 0. The number of hydrogen-bond donors (Lipinski definition) is 3. The topological polar surface area (TPSA) is 94.8 Å². The third-order valence-electron chi connectivity index (χ3n) is 4.59. The van der Waals surface area contributed by atoms with Crippen LogP contribution < -0.4 is 0 Å². The average Bonchev–Trinajstić information content (AvgIpc) is 2.88. The highest BCUT2D eigenvalue weighted by Crippen LogP contribution is 2.33. The van der Waals surface area contributed by atoms with E-state index in [-0.39, 0.29) is 30.5 Å². The van der Waals surface area contributed by atoms with Crippen molar-refractivity contribution in [1.82, 2.24) is 0 Å². The van der Waals surface area contributed by atoms with E-state index in [2.05, 4.69) is 19.1 Å². The van der Waals surface area contributed by atoms with E-state index in [4.69, 9.17) is 5.11 Å². The lowest BCUT2D eigenvalue weighted by Gasteiger charge is -2.16. The quantitative estimate of drug-likeness (QED) is 0.453. The van der Waals surface area contributed by atoms with Crippen molar-refractivity contribution in [3.63, 3.8) is 0 Å². The van der Waals surface area contributed by atoms with E-state index in [0.717, 1.165) is 12.8 Å². The molecule has 150 valence electrons. The summed E-state index contributed by atoms with van der Waals surface area (Å²) in [5.74, 6) is -1.47. The van der Waals surface area contributed by atoms with E-state index in [9.17, 15) is 19.8 Å².